The van der Waals surface area contributed by atoms with Gasteiger partial charge in [-0.05, 0) is 48.0 Å². The second kappa shape index (κ2) is 9.82. The van der Waals surface area contributed by atoms with Crippen LogP contribution in [0.1, 0.15) is 26.4 Å². The minimum atomic E-state index is -0.502. The number of benzene rings is 3. The molecule has 11 heteroatoms. The van der Waals surface area contributed by atoms with Crippen LogP contribution in [0.3, 0.4) is 0 Å². The van der Waals surface area contributed by atoms with Gasteiger partial charge in [0.1, 0.15) is 0 Å². The molecule has 0 bridgehead atoms. The van der Waals surface area contributed by atoms with Crippen LogP contribution in [-0.4, -0.2) is 26.8 Å². The van der Waals surface area contributed by atoms with Crippen LogP contribution < -0.4 is 22.1 Å². The maximum Gasteiger partial charge on any atom is 0.275 e. The van der Waals surface area contributed by atoms with Crippen molar-refractivity contribution in [1.82, 2.24) is 20.3 Å². The fourth-order valence-electron chi connectivity index (χ4n) is 3.10. The van der Waals surface area contributed by atoms with Crippen molar-refractivity contribution in [3.8, 4) is 5.69 Å². The van der Waals surface area contributed by atoms with Gasteiger partial charge >= 0.3 is 0 Å². The number of nitrogens with two attached hydrogens (primary N) is 2. The number of aromatic nitrogens is 3. The van der Waals surface area contributed by atoms with Crippen molar-refractivity contribution >= 4 is 52.2 Å². The topological polar surface area (TPSA) is 141 Å². The lowest BCUT2D eigenvalue weighted by Crippen LogP contribution is -2.24. The van der Waals surface area contributed by atoms with Crippen LogP contribution in [0.25, 0.3) is 5.69 Å². The van der Waals surface area contributed by atoms with Gasteiger partial charge in [0.15, 0.2) is 11.5 Å². The van der Waals surface area contributed by atoms with E-state index in [4.69, 9.17) is 34.7 Å². The van der Waals surface area contributed by atoms with Crippen LogP contribution in [0.4, 0.5) is 17.2 Å². The molecule has 9 nitrogen and oxygen atoms in total. The lowest BCUT2D eigenvalue weighted by Gasteiger charge is -2.09. The number of hydrogen-bond donors (Lipinski definition) is 4. The molecular formula is C23H19Cl2N7O2. The molecule has 4 rings (SSSR count). The van der Waals surface area contributed by atoms with E-state index in [9.17, 15) is 9.59 Å². The van der Waals surface area contributed by atoms with Gasteiger partial charge in [-0.15, -0.1) is 15.0 Å². The van der Waals surface area contributed by atoms with Gasteiger partial charge < -0.3 is 22.1 Å². The Morgan fingerprint density at radius 1 is 0.882 bits per heavy atom. The second-order valence-corrected chi connectivity index (χ2v) is 8.14. The van der Waals surface area contributed by atoms with Crippen LogP contribution in [0.2, 0.25) is 10.0 Å². The molecule has 0 fully saturated rings. The largest absolute Gasteiger partial charge is 0.397 e. The molecular weight excluding hydrogens is 477 g/mol. The van der Waals surface area contributed by atoms with E-state index in [0.29, 0.717) is 32.7 Å². The van der Waals surface area contributed by atoms with Crippen LogP contribution in [0.5, 0.6) is 0 Å². The first kappa shape index (κ1) is 23.1. The first-order valence-electron chi connectivity index (χ1n) is 10.0. The lowest BCUT2D eigenvalue weighted by atomic mass is 10.1. The molecule has 34 heavy (non-hydrogen) atoms. The van der Waals surface area contributed by atoms with Crippen molar-refractivity contribution in [3.05, 3.63) is 93.6 Å². The highest BCUT2D eigenvalue weighted by molar-refractivity contribution is 6.34. The number of amides is 2. The van der Waals surface area contributed by atoms with Crippen molar-refractivity contribution in [1.29, 1.82) is 0 Å². The zero-order valence-corrected chi connectivity index (χ0v) is 19.1. The van der Waals surface area contributed by atoms with E-state index in [1.807, 2.05) is 0 Å². The number of hydrogen-bond acceptors (Lipinski definition) is 6. The Kier molecular flexibility index (Phi) is 6.67. The molecule has 0 radical (unpaired) electrons. The Balaban J connectivity index is 1.39. The number of para-hydroxylation sites is 2. The zero-order chi connectivity index (χ0) is 24.2. The first-order valence-corrected chi connectivity index (χ1v) is 10.8. The quantitative estimate of drug-likeness (QED) is 0.298. The monoisotopic (exact) mass is 495 g/mol. The Bertz CT molecular complexity index is 1350. The maximum absolute atomic E-state index is 12.6. The van der Waals surface area contributed by atoms with Crippen LogP contribution in [0.15, 0.2) is 66.7 Å². The summed E-state index contributed by atoms with van der Waals surface area (Å²) in [5.74, 6) is -0.835. The molecule has 1 heterocycles. The van der Waals surface area contributed by atoms with Gasteiger partial charge in [-0.3, -0.25) is 9.59 Å². The van der Waals surface area contributed by atoms with Gasteiger partial charge in [-0.1, -0.05) is 47.5 Å². The average Bonchev–Trinajstić information content (AvgIpc) is 3.20. The van der Waals surface area contributed by atoms with Crippen LogP contribution in [-0.2, 0) is 6.54 Å². The number of rotatable bonds is 6. The summed E-state index contributed by atoms with van der Waals surface area (Å²) in [6.45, 7) is 0.196. The highest BCUT2D eigenvalue weighted by Crippen LogP contribution is 2.22. The summed E-state index contributed by atoms with van der Waals surface area (Å²) < 4.78 is 0. The maximum atomic E-state index is 12.6. The predicted molar refractivity (Wildman–Crippen MR) is 132 cm³/mol. The molecule has 172 valence electrons. The van der Waals surface area contributed by atoms with E-state index in [1.165, 1.54) is 4.80 Å². The molecule has 0 aliphatic carbocycles. The highest BCUT2D eigenvalue weighted by atomic mass is 35.5. The van der Waals surface area contributed by atoms with E-state index < -0.39 is 5.91 Å². The molecule has 2 amide bonds. The average molecular weight is 496 g/mol. The van der Waals surface area contributed by atoms with Crippen molar-refractivity contribution in [2.75, 3.05) is 16.8 Å². The number of halogens is 2. The summed E-state index contributed by atoms with van der Waals surface area (Å²) in [7, 11) is 0. The summed E-state index contributed by atoms with van der Waals surface area (Å²) >= 11 is 12.0. The first-order chi connectivity index (χ1) is 16.3. The van der Waals surface area contributed by atoms with E-state index in [1.54, 1.807) is 66.7 Å². The SMILES string of the molecule is Nc1ccccc1NC(=O)c1ccc(CNC(=O)c2nn(-c3cc(Cl)cc(Cl)c3)nc2N)cc1. The number of anilines is 3. The number of carbonyl (C=O) groups excluding carboxylic acids is 2. The van der Waals surface area contributed by atoms with Gasteiger partial charge in [0.25, 0.3) is 11.8 Å². The molecule has 6 N–H and O–H groups in total. The lowest BCUT2D eigenvalue weighted by molar-refractivity contribution is 0.0945. The number of nitrogen functional groups attached to an aromatic ring is 2. The van der Waals surface area contributed by atoms with Crippen molar-refractivity contribution < 1.29 is 9.59 Å². The Morgan fingerprint density at radius 2 is 1.56 bits per heavy atom. The minimum absolute atomic E-state index is 0.0347. The molecule has 0 aliphatic heterocycles. The van der Waals surface area contributed by atoms with E-state index in [0.717, 1.165) is 5.56 Å². The van der Waals surface area contributed by atoms with Gasteiger partial charge in [-0.25, -0.2) is 0 Å². The number of nitrogens with one attached hydrogen (secondary N) is 2. The molecule has 0 saturated heterocycles. The molecule has 3 aromatic carbocycles. The predicted octanol–water partition coefficient (Wildman–Crippen LogP) is 3.92. The van der Waals surface area contributed by atoms with Gasteiger partial charge in [0.2, 0.25) is 0 Å². The molecule has 0 spiro atoms. The number of carbonyl (C=O) groups is 2. The molecule has 0 aliphatic rings. The third-order valence-electron chi connectivity index (χ3n) is 4.81. The summed E-state index contributed by atoms with van der Waals surface area (Å²) in [6, 6.07) is 18.5. The molecule has 4 aromatic rings. The minimum Gasteiger partial charge on any atom is -0.397 e. The van der Waals surface area contributed by atoms with Gasteiger partial charge in [-0.2, -0.15) is 0 Å². The van der Waals surface area contributed by atoms with Gasteiger partial charge in [0, 0.05) is 22.2 Å². The Morgan fingerprint density at radius 3 is 2.24 bits per heavy atom. The van der Waals surface area contributed by atoms with Crippen molar-refractivity contribution in [3.63, 3.8) is 0 Å². The number of nitrogens with zero attached hydrogens (tertiary/aromatic N) is 3. The molecule has 0 unspecified atom stereocenters. The summed E-state index contributed by atoms with van der Waals surface area (Å²) in [4.78, 5) is 26.2. The third kappa shape index (κ3) is 5.28. The summed E-state index contributed by atoms with van der Waals surface area (Å²) in [5, 5.41) is 14.5. The summed E-state index contributed by atoms with van der Waals surface area (Å²) in [5.41, 5.74) is 14.4. The fourth-order valence-corrected chi connectivity index (χ4v) is 3.61. The Hall–Kier alpha value is -4.08. The van der Waals surface area contributed by atoms with Crippen LogP contribution in [0, 0.1) is 0 Å². The van der Waals surface area contributed by atoms with E-state index in [-0.39, 0.29) is 24.0 Å². The fraction of sp³-hybridized carbons (Fsp3) is 0.0435. The molecule has 0 saturated carbocycles. The van der Waals surface area contributed by atoms with E-state index >= 15 is 0 Å². The smallest absolute Gasteiger partial charge is 0.275 e. The summed E-state index contributed by atoms with van der Waals surface area (Å²) in [6.07, 6.45) is 0. The second-order valence-electron chi connectivity index (χ2n) is 7.27. The third-order valence-corrected chi connectivity index (χ3v) is 5.25. The molecule has 1 aromatic heterocycles. The standard InChI is InChI=1S/C23H19Cl2N7O2/c24-15-9-16(25)11-17(10-15)32-30-20(21(27)31-32)23(34)28-12-13-5-7-14(8-6-13)22(33)29-19-4-2-1-3-18(19)26/h1-11H,12,26H2,(H2,27,31)(H,28,34)(H,29,33). The zero-order valence-electron chi connectivity index (χ0n) is 17.6. The van der Waals surface area contributed by atoms with Crippen LogP contribution >= 0.6 is 23.2 Å². The van der Waals surface area contributed by atoms with Crippen molar-refractivity contribution in [2.45, 2.75) is 6.54 Å². The van der Waals surface area contributed by atoms with Gasteiger partial charge in [0.05, 0.1) is 17.1 Å². The van der Waals surface area contributed by atoms with Crippen molar-refractivity contribution in [2.24, 2.45) is 0 Å². The highest BCUT2D eigenvalue weighted by Gasteiger charge is 2.18. The van der Waals surface area contributed by atoms with E-state index in [2.05, 4.69) is 20.8 Å². The normalized spacial score (nSPS) is 10.6. The Labute approximate surface area is 204 Å². The molecule has 0 atom stereocenters.